The number of hydrogen-bond donors (Lipinski definition) is 1. The van der Waals surface area contributed by atoms with Gasteiger partial charge in [-0.2, -0.15) is 0 Å². The summed E-state index contributed by atoms with van der Waals surface area (Å²) in [6.45, 7) is 8.34. The van der Waals surface area contributed by atoms with Crippen molar-refractivity contribution in [3.05, 3.63) is 35.4 Å². The van der Waals surface area contributed by atoms with E-state index in [0.29, 0.717) is 6.04 Å². The van der Waals surface area contributed by atoms with E-state index in [2.05, 4.69) is 55.4 Å². The highest BCUT2D eigenvalue weighted by Crippen LogP contribution is 2.35. The molecule has 3 rings (SSSR count). The summed E-state index contributed by atoms with van der Waals surface area (Å²) in [4.78, 5) is 2.66. The van der Waals surface area contributed by atoms with Crippen LogP contribution in [0, 0.1) is 17.8 Å². The molecule has 2 nitrogen and oxygen atoms in total. The van der Waals surface area contributed by atoms with Crippen LogP contribution in [-0.4, -0.2) is 24.5 Å². The normalized spacial score (nSPS) is 29.8. The first-order valence-corrected chi connectivity index (χ1v) is 8.63. The van der Waals surface area contributed by atoms with Crippen molar-refractivity contribution < 1.29 is 0 Å². The zero-order chi connectivity index (χ0) is 14.8. The Morgan fingerprint density at radius 3 is 2.38 bits per heavy atom. The standard InChI is InChI=1S/C19H30N2/c1-14(2)15-8-9-19(20-3)18(10-15)13-21-11-16-6-4-5-7-17(16)12-21/h4-7,14-15,18-20H,8-13H2,1-3H3. The highest BCUT2D eigenvalue weighted by Gasteiger charge is 2.33. The molecule has 1 N–H and O–H groups in total. The summed E-state index contributed by atoms with van der Waals surface area (Å²) < 4.78 is 0. The molecule has 0 aromatic heterocycles. The summed E-state index contributed by atoms with van der Waals surface area (Å²) in [7, 11) is 2.14. The van der Waals surface area contributed by atoms with Gasteiger partial charge in [0.2, 0.25) is 0 Å². The van der Waals surface area contributed by atoms with Crippen molar-refractivity contribution in [2.45, 2.75) is 52.2 Å². The molecule has 0 bridgehead atoms. The van der Waals surface area contributed by atoms with Gasteiger partial charge in [0.15, 0.2) is 0 Å². The van der Waals surface area contributed by atoms with Crippen molar-refractivity contribution >= 4 is 0 Å². The van der Waals surface area contributed by atoms with Gasteiger partial charge >= 0.3 is 0 Å². The summed E-state index contributed by atoms with van der Waals surface area (Å²) >= 11 is 0. The maximum absolute atomic E-state index is 3.58. The van der Waals surface area contributed by atoms with Gasteiger partial charge in [-0.3, -0.25) is 4.90 Å². The molecule has 1 fully saturated rings. The van der Waals surface area contributed by atoms with Crippen molar-refractivity contribution in [3.63, 3.8) is 0 Å². The van der Waals surface area contributed by atoms with Gasteiger partial charge < -0.3 is 5.32 Å². The fraction of sp³-hybridized carbons (Fsp3) is 0.684. The van der Waals surface area contributed by atoms with Crippen LogP contribution >= 0.6 is 0 Å². The summed E-state index contributed by atoms with van der Waals surface area (Å²) in [6.07, 6.45) is 4.15. The van der Waals surface area contributed by atoms with E-state index in [1.807, 2.05) is 0 Å². The number of nitrogens with zero attached hydrogens (tertiary/aromatic N) is 1. The minimum absolute atomic E-state index is 0.712. The smallest absolute Gasteiger partial charge is 0.0240 e. The third-order valence-corrected chi connectivity index (χ3v) is 5.74. The molecule has 1 aliphatic carbocycles. The summed E-state index contributed by atoms with van der Waals surface area (Å²) in [5, 5.41) is 3.58. The molecule has 1 saturated carbocycles. The van der Waals surface area contributed by atoms with E-state index < -0.39 is 0 Å². The van der Waals surface area contributed by atoms with Crippen molar-refractivity contribution in [2.24, 2.45) is 17.8 Å². The second-order valence-electron chi connectivity index (χ2n) is 7.41. The number of rotatable bonds is 4. The van der Waals surface area contributed by atoms with E-state index in [0.717, 1.165) is 30.8 Å². The third kappa shape index (κ3) is 3.32. The quantitative estimate of drug-likeness (QED) is 0.908. The fourth-order valence-electron chi connectivity index (χ4n) is 4.35. The summed E-state index contributed by atoms with van der Waals surface area (Å²) in [5.74, 6) is 2.57. The van der Waals surface area contributed by atoms with Crippen molar-refractivity contribution in [2.75, 3.05) is 13.6 Å². The molecule has 21 heavy (non-hydrogen) atoms. The minimum atomic E-state index is 0.712. The van der Waals surface area contributed by atoms with Gasteiger partial charge in [0, 0.05) is 25.7 Å². The lowest BCUT2D eigenvalue weighted by molar-refractivity contribution is 0.124. The SMILES string of the molecule is CNC1CCC(C(C)C)CC1CN1Cc2ccccc2C1. The number of hydrogen-bond acceptors (Lipinski definition) is 2. The molecular weight excluding hydrogens is 256 g/mol. The van der Waals surface area contributed by atoms with E-state index in [-0.39, 0.29) is 0 Å². The minimum Gasteiger partial charge on any atom is -0.317 e. The molecule has 0 saturated heterocycles. The topological polar surface area (TPSA) is 15.3 Å². The van der Waals surface area contributed by atoms with Crippen LogP contribution in [0.2, 0.25) is 0 Å². The van der Waals surface area contributed by atoms with Gasteiger partial charge in [0.25, 0.3) is 0 Å². The molecule has 0 amide bonds. The zero-order valence-electron chi connectivity index (χ0n) is 13.8. The van der Waals surface area contributed by atoms with Crippen LogP contribution < -0.4 is 5.32 Å². The fourth-order valence-corrected chi connectivity index (χ4v) is 4.35. The molecule has 1 aliphatic heterocycles. The van der Waals surface area contributed by atoms with Gasteiger partial charge in [0.1, 0.15) is 0 Å². The van der Waals surface area contributed by atoms with Crippen molar-refractivity contribution in [1.29, 1.82) is 0 Å². The average molecular weight is 286 g/mol. The van der Waals surface area contributed by atoms with Crippen LogP contribution in [-0.2, 0) is 13.1 Å². The first kappa shape index (κ1) is 15.1. The lowest BCUT2D eigenvalue weighted by atomic mass is 9.73. The second-order valence-corrected chi connectivity index (χ2v) is 7.41. The summed E-state index contributed by atoms with van der Waals surface area (Å²) in [6, 6.07) is 9.65. The molecule has 3 atom stereocenters. The predicted molar refractivity (Wildman–Crippen MR) is 89.1 cm³/mol. The lowest BCUT2D eigenvalue weighted by Gasteiger charge is -2.39. The van der Waals surface area contributed by atoms with Crippen LogP contribution in [0.3, 0.4) is 0 Å². The molecule has 0 radical (unpaired) electrons. The number of nitrogens with one attached hydrogen (secondary N) is 1. The summed E-state index contributed by atoms with van der Waals surface area (Å²) in [5.41, 5.74) is 3.07. The Morgan fingerprint density at radius 2 is 1.81 bits per heavy atom. The molecule has 1 aromatic rings. The third-order valence-electron chi connectivity index (χ3n) is 5.74. The van der Waals surface area contributed by atoms with Gasteiger partial charge in [-0.1, -0.05) is 38.1 Å². The van der Waals surface area contributed by atoms with Crippen molar-refractivity contribution in [1.82, 2.24) is 10.2 Å². The van der Waals surface area contributed by atoms with Gasteiger partial charge in [-0.05, 0) is 55.2 Å². The molecule has 3 unspecified atom stereocenters. The van der Waals surface area contributed by atoms with Gasteiger partial charge in [0.05, 0.1) is 0 Å². The lowest BCUT2D eigenvalue weighted by Crippen LogP contribution is -2.44. The van der Waals surface area contributed by atoms with E-state index >= 15 is 0 Å². The van der Waals surface area contributed by atoms with E-state index in [1.165, 1.54) is 36.9 Å². The van der Waals surface area contributed by atoms with Crippen molar-refractivity contribution in [3.8, 4) is 0 Å². The van der Waals surface area contributed by atoms with Crippen LogP contribution in [0.5, 0.6) is 0 Å². The van der Waals surface area contributed by atoms with Gasteiger partial charge in [-0.15, -0.1) is 0 Å². The van der Waals surface area contributed by atoms with Crippen LogP contribution in [0.1, 0.15) is 44.2 Å². The van der Waals surface area contributed by atoms with E-state index in [9.17, 15) is 0 Å². The Hall–Kier alpha value is -0.860. The Balaban J connectivity index is 1.63. The zero-order valence-corrected chi connectivity index (χ0v) is 13.8. The maximum atomic E-state index is 3.58. The van der Waals surface area contributed by atoms with Gasteiger partial charge in [-0.25, -0.2) is 0 Å². The predicted octanol–water partition coefficient (Wildman–Crippen LogP) is 3.66. The van der Waals surface area contributed by atoms with Crippen LogP contribution in [0.25, 0.3) is 0 Å². The molecule has 1 heterocycles. The highest BCUT2D eigenvalue weighted by atomic mass is 15.1. The second kappa shape index (κ2) is 6.50. The molecule has 116 valence electrons. The largest absolute Gasteiger partial charge is 0.317 e. The Labute approximate surface area is 129 Å². The number of benzene rings is 1. The Morgan fingerprint density at radius 1 is 1.14 bits per heavy atom. The molecule has 2 heteroatoms. The molecule has 1 aromatic carbocycles. The van der Waals surface area contributed by atoms with Crippen LogP contribution in [0.15, 0.2) is 24.3 Å². The Kier molecular flexibility index (Phi) is 4.66. The average Bonchev–Trinajstić information content (AvgIpc) is 2.89. The van der Waals surface area contributed by atoms with Crippen LogP contribution in [0.4, 0.5) is 0 Å². The van der Waals surface area contributed by atoms with E-state index in [1.54, 1.807) is 0 Å². The number of fused-ring (bicyclic) bond motifs is 1. The first-order chi connectivity index (χ1) is 10.2. The molecule has 2 aliphatic rings. The monoisotopic (exact) mass is 286 g/mol. The van der Waals surface area contributed by atoms with E-state index in [4.69, 9.17) is 0 Å². The first-order valence-electron chi connectivity index (χ1n) is 8.63. The maximum Gasteiger partial charge on any atom is 0.0240 e. The highest BCUT2D eigenvalue weighted by molar-refractivity contribution is 5.30. The Bertz CT molecular complexity index is 443. The molecular formula is C19H30N2. The molecule has 0 spiro atoms.